The van der Waals surface area contributed by atoms with E-state index in [0.29, 0.717) is 12.5 Å². The molecule has 0 saturated carbocycles. The number of rotatable bonds is 5. The summed E-state index contributed by atoms with van der Waals surface area (Å²) in [5.41, 5.74) is 0. The molecule has 94 valence electrons. The van der Waals surface area contributed by atoms with Gasteiger partial charge >= 0.3 is 5.97 Å². The Morgan fingerprint density at radius 2 is 2.00 bits per heavy atom. The van der Waals surface area contributed by atoms with Gasteiger partial charge in [-0.2, -0.15) is 0 Å². The van der Waals surface area contributed by atoms with Crippen LogP contribution in [0.1, 0.15) is 46.5 Å². The smallest absolute Gasteiger partial charge is 0.303 e. The van der Waals surface area contributed by atoms with Crippen molar-refractivity contribution < 1.29 is 9.90 Å². The second-order valence-corrected chi connectivity index (χ2v) is 5.40. The monoisotopic (exact) mass is 227 g/mol. The molecular formula is C13H25NO2. The predicted octanol–water partition coefficient (Wildman–Crippen LogP) is 2.61. The van der Waals surface area contributed by atoms with E-state index in [4.69, 9.17) is 5.11 Å². The number of nitrogens with zero attached hydrogens (tertiary/aromatic N) is 1. The van der Waals surface area contributed by atoms with Gasteiger partial charge in [0.15, 0.2) is 0 Å². The molecule has 0 aromatic rings. The van der Waals surface area contributed by atoms with Crippen LogP contribution in [0.15, 0.2) is 0 Å². The fourth-order valence-electron chi connectivity index (χ4n) is 2.72. The first-order valence-electron chi connectivity index (χ1n) is 6.46. The van der Waals surface area contributed by atoms with Crippen molar-refractivity contribution in [2.45, 2.75) is 52.5 Å². The van der Waals surface area contributed by atoms with Gasteiger partial charge in [-0.15, -0.1) is 0 Å². The number of carboxylic acid groups (broad SMARTS) is 1. The Morgan fingerprint density at radius 3 is 2.62 bits per heavy atom. The number of carbonyl (C=O) groups is 1. The molecule has 0 bridgehead atoms. The summed E-state index contributed by atoms with van der Waals surface area (Å²) in [7, 11) is 0. The van der Waals surface area contributed by atoms with Gasteiger partial charge in [-0.05, 0) is 44.6 Å². The summed E-state index contributed by atoms with van der Waals surface area (Å²) >= 11 is 0. The van der Waals surface area contributed by atoms with Crippen molar-refractivity contribution in [2.75, 3.05) is 13.1 Å². The Balaban J connectivity index is 2.26. The normalized spacial score (nSPS) is 31.6. The lowest BCUT2D eigenvalue weighted by Gasteiger charge is -2.41. The van der Waals surface area contributed by atoms with Crippen molar-refractivity contribution in [2.24, 2.45) is 11.8 Å². The molecule has 1 heterocycles. The summed E-state index contributed by atoms with van der Waals surface area (Å²) in [5.74, 6) is 0.877. The maximum absolute atomic E-state index is 10.4. The zero-order valence-corrected chi connectivity index (χ0v) is 10.8. The molecule has 1 aliphatic heterocycles. The molecule has 0 aromatic carbocycles. The summed E-state index contributed by atoms with van der Waals surface area (Å²) in [6.07, 6.45) is 3.46. The molecule has 3 heteroatoms. The van der Waals surface area contributed by atoms with Crippen LogP contribution in [0.5, 0.6) is 0 Å². The zero-order chi connectivity index (χ0) is 12.1. The molecule has 0 amide bonds. The second-order valence-electron chi connectivity index (χ2n) is 5.40. The molecule has 16 heavy (non-hydrogen) atoms. The highest BCUT2D eigenvalue weighted by atomic mass is 16.4. The Morgan fingerprint density at radius 1 is 1.31 bits per heavy atom. The molecule has 3 atom stereocenters. The molecule has 0 aromatic heterocycles. The van der Waals surface area contributed by atoms with Crippen molar-refractivity contribution >= 4 is 5.97 Å². The van der Waals surface area contributed by atoms with Crippen molar-refractivity contribution in [1.29, 1.82) is 0 Å². The maximum Gasteiger partial charge on any atom is 0.303 e. The first-order chi connectivity index (χ1) is 7.50. The van der Waals surface area contributed by atoms with E-state index in [9.17, 15) is 4.79 Å². The lowest BCUT2D eigenvalue weighted by molar-refractivity contribution is -0.137. The van der Waals surface area contributed by atoms with Crippen molar-refractivity contribution in [3.8, 4) is 0 Å². The third-order valence-corrected chi connectivity index (χ3v) is 3.81. The number of piperidine rings is 1. The summed E-state index contributed by atoms with van der Waals surface area (Å²) in [6, 6.07) is 0.654. The van der Waals surface area contributed by atoms with Crippen LogP contribution in [0.2, 0.25) is 0 Å². The lowest BCUT2D eigenvalue weighted by Crippen LogP contribution is -2.46. The van der Waals surface area contributed by atoms with Gasteiger partial charge < -0.3 is 10.0 Å². The summed E-state index contributed by atoms with van der Waals surface area (Å²) in [6.45, 7) is 9.17. The minimum Gasteiger partial charge on any atom is -0.481 e. The molecule has 1 N–H and O–H groups in total. The Bertz CT molecular complexity index is 230. The number of unbranched alkanes of at least 4 members (excludes halogenated alkanes) is 1. The average molecular weight is 227 g/mol. The number of likely N-dealkylation sites (tertiary alicyclic amines) is 1. The number of hydrogen-bond donors (Lipinski definition) is 1. The van der Waals surface area contributed by atoms with E-state index >= 15 is 0 Å². The average Bonchev–Trinajstić information content (AvgIpc) is 2.19. The van der Waals surface area contributed by atoms with E-state index in [0.717, 1.165) is 31.2 Å². The summed E-state index contributed by atoms with van der Waals surface area (Å²) in [4.78, 5) is 12.9. The molecule has 3 nitrogen and oxygen atoms in total. The largest absolute Gasteiger partial charge is 0.481 e. The molecule has 1 aliphatic rings. The molecule has 1 rings (SSSR count). The lowest BCUT2D eigenvalue weighted by atomic mass is 9.86. The SMILES string of the molecule is CC1CC(C)C(C)N(CCCCC(=O)O)C1. The molecule has 0 aliphatic carbocycles. The van der Waals surface area contributed by atoms with Crippen LogP contribution in [0.3, 0.4) is 0 Å². The fraction of sp³-hybridized carbons (Fsp3) is 0.923. The Labute approximate surface area is 98.8 Å². The third-order valence-electron chi connectivity index (χ3n) is 3.81. The summed E-state index contributed by atoms with van der Waals surface area (Å²) in [5, 5.41) is 8.57. The minimum atomic E-state index is -0.673. The maximum atomic E-state index is 10.4. The fourth-order valence-corrected chi connectivity index (χ4v) is 2.72. The van der Waals surface area contributed by atoms with Crippen LogP contribution in [-0.2, 0) is 4.79 Å². The van der Waals surface area contributed by atoms with Gasteiger partial charge in [-0.25, -0.2) is 0 Å². The van der Waals surface area contributed by atoms with Crippen LogP contribution in [0.25, 0.3) is 0 Å². The van der Waals surface area contributed by atoms with Gasteiger partial charge in [0, 0.05) is 19.0 Å². The highest BCUT2D eigenvalue weighted by Gasteiger charge is 2.27. The first kappa shape index (κ1) is 13.5. The highest BCUT2D eigenvalue weighted by molar-refractivity contribution is 5.66. The molecule has 1 saturated heterocycles. The molecule has 1 fully saturated rings. The van der Waals surface area contributed by atoms with Crippen molar-refractivity contribution in [1.82, 2.24) is 4.90 Å². The third kappa shape index (κ3) is 4.12. The van der Waals surface area contributed by atoms with Gasteiger partial charge in [0.05, 0.1) is 0 Å². The van der Waals surface area contributed by atoms with Gasteiger partial charge in [-0.1, -0.05) is 13.8 Å². The number of hydrogen-bond acceptors (Lipinski definition) is 2. The van der Waals surface area contributed by atoms with E-state index in [1.54, 1.807) is 0 Å². The zero-order valence-electron chi connectivity index (χ0n) is 10.8. The number of aliphatic carboxylic acids is 1. The van der Waals surface area contributed by atoms with Crippen LogP contribution < -0.4 is 0 Å². The van der Waals surface area contributed by atoms with Crippen LogP contribution >= 0.6 is 0 Å². The Hall–Kier alpha value is -0.570. The molecule has 0 radical (unpaired) electrons. The second kappa shape index (κ2) is 6.24. The quantitative estimate of drug-likeness (QED) is 0.734. The van der Waals surface area contributed by atoms with Gasteiger partial charge in [0.25, 0.3) is 0 Å². The van der Waals surface area contributed by atoms with E-state index < -0.39 is 5.97 Å². The van der Waals surface area contributed by atoms with E-state index in [2.05, 4.69) is 25.7 Å². The number of carboxylic acids is 1. The molecular weight excluding hydrogens is 202 g/mol. The topological polar surface area (TPSA) is 40.5 Å². The predicted molar refractivity (Wildman–Crippen MR) is 65.5 cm³/mol. The van der Waals surface area contributed by atoms with Crippen LogP contribution in [0, 0.1) is 11.8 Å². The van der Waals surface area contributed by atoms with Gasteiger partial charge in [0.1, 0.15) is 0 Å². The standard InChI is InChI=1S/C13H25NO2/c1-10-8-11(2)12(3)14(9-10)7-5-4-6-13(15)16/h10-12H,4-9H2,1-3H3,(H,15,16). The van der Waals surface area contributed by atoms with Gasteiger partial charge in [-0.3, -0.25) is 4.79 Å². The van der Waals surface area contributed by atoms with E-state index in [1.165, 1.54) is 13.0 Å². The molecule has 3 unspecified atom stereocenters. The highest BCUT2D eigenvalue weighted by Crippen LogP contribution is 2.26. The van der Waals surface area contributed by atoms with E-state index in [1.807, 2.05) is 0 Å². The van der Waals surface area contributed by atoms with Crippen LogP contribution in [-0.4, -0.2) is 35.1 Å². The first-order valence-corrected chi connectivity index (χ1v) is 6.46. The van der Waals surface area contributed by atoms with Crippen LogP contribution in [0.4, 0.5) is 0 Å². The summed E-state index contributed by atoms with van der Waals surface area (Å²) < 4.78 is 0. The Kier molecular flexibility index (Phi) is 5.26. The van der Waals surface area contributed by atoms with E-state index in [-0.39, 0.29) is 0 Å². The van der Waals surface area contributed by atoms with Gasteiger partial charge in [0.2, 0.25) is 0 Å². The van der Waals surface area contributed by atoms with Crippen molar-refractivity contribution in [3.63, 3.8) is 0 Å². The minimum absolute atomic E-state index is 0.313. The molecule has 0 spiro atoms. The van der Waals surface area contributed by atoms with Crippen molar-refractivity contribution in [3.05, 3.63) is 0 Å².